The van der Waals surface area contributed by atoms with E-state index in [0.717, 1.165) is 39.1 Å². The third-order valence-electron chi connectivity index (χ3n) is 3.37. The first kappa shape index (κ1) is 10.8. The number of nitrogen functional groups attached to an aromatic ring is 1. The molecular formula is C13H15N5. The number of nitrogens with two attached hydrogens (primary N) is 1. The zero-order valence-electron chi connectivity index (χ0n) is 10.7. The monoisotopic (exact) mass is 241 g/mol. The fraction of sp³-hybridized carbons (Fsp3) is 0.231. The van der Waals surface area contributed by atoms with E-state index in [9.17, 15) is 0 Å². The number of hydrogen-bond acceptors (Lipinski definition) is 3. The molecule has 3 N–H and O–H groups in total. The third kappa shape index (κ3) is 1.40. The summed E-state index contributed by atoms with van der Waals surface area (Å²) in [5.41, 5.74) is 11.9. The van der Waals surface area contributed by atoms with E-state index in [-0.39, 0.29) is 0 Å². The standard InChI is InChI=1S/C13H15N5/c1-7-8(2)17-13-11(12(7)14)10(5-15-13)9-4-16-18(3)6-9/h4-6H,1-3H3,(H3,14,15,17). The summed E-state index contributed by atoms with van der Waals surface area (Å²) in [5, 5.41) is 5.17. The van der Waals surface area contributed by atoms with Gasteiger partial charge < -0.3 is 10.7 Å². The number of H-pyrrole nitrogens is 1. The SMILES string of the molecule is Cc1nc2[nH]cc(-c3cnn(C)c3)c2c(N)c1C. The van der Waals surface area contributed by atoms with E-state index in [2.05, 4.69) is 15.1 Å². The Hall–Kier alpha value is -2.30. The molecular weight excluding hydrogens is 226 g/mol. The molecule has 0 spiro atoms. The van der Waals surface area contributed by atoms with Crippen molar-refractivity contribution in [2.24, 2.45) is 7.05 Å². The molecule has 0 aliphatic rings. The van der Waals surface area contributed by atoms with Gasteiger partial charge in [0.05, 0.1) is 6.20 Å². The number of aromatic amines is 1. The fourth-order valence-corrected chi connectivity index (χ4v) is 2.20. The molecule has 3 heterocycles. The predicted molar refractivity (Wildman–Crippen MR) is 72.2 cm³/mol. The van der Waals surface area contributed by atoms with Crippen molar-refractivity contribution in [3.05, 3.63) is 29.8 Å². The van der Waals surface area contributed by atoms with Gasteiger partial charge in [0.2, 0.25) is 0 Å². The number of fused-ring (bicyclic) bond motifs is 1. The van der Waals surface area contributed by atoms with Crippen LogP contribution in [0.5, 0.6) is 0 Å². The number of pyridine rings is 1. The van der Waals surface area contributed by atoms with Crippen LogP contribution in [0, 0.1) is 13.8 Å². The average Bonchev–Trinajstić information content (AvgIpc) is 2.92. The number of nitrogens with zero attached hydrogens (tertiary/aromatic N) is 3. The highest BCUT2D eigenvalue weighted by molar-refractivity contribution is 6.02. The Labute approximate surface area is 105 Å². The van der Waals surface area contributed by atoms with E-state index in [0.29, 0.717) is 0 Å². The predicted octanol–water partition coefficient (Wildman–Crippen LogP) is 2.16. The molecule has 0 aromatic carbocycles. The average molecular weight is 241 g/mol. The van der Waals surface area contributed by atoms with Gasteiger partial charge in [0.15, 0.2) is 0 Å². The highest BCUT2D eigenvalue weighted by atomic mass is 15.2. The fourth-order valence-electron chi connectivity index (χ4n) is 2.20. The van der Waals surface area contributed by atoms with Gasteiger partial charge in [-0.1, -0.05) is 0 Å². The molecule has 0 aliphatic heterocycles. The molecule has 0 fully saturated rings. The van der Waals surface area contributed by atoms with E-state index < -0.39 is 0 Å². The molecule has 0 saturated heterocycles. The summed E-state index contributed by atoms with van der Waals surface area (Å²) in [4.78, 5) is 7.70. The lowest BCUT2D eigenvalue weighted by Gasteiger charge is -2.06. The van der Waals surface area contributed by atoms with Crippen LogP contribution in [0.3, 0.4) is 0 Å². The summed E-state index contributed by atoms with van der Waals surface area (Å²) in [5.74, 6) is 0. The van der Waals surface area contributed by atoms with Gasteiger partial charge >= 0.3 is 0 Å². The van der Waals surface area contributed by atoms with E-state index in [1.54, 1.807) is 4.68 Å². The van der Waals surface area contributed by atoms with Crippen molar-refractivity contribution in [2.45, 2.75) is 13.8 Å². The molecule has 0 atom stereocenters. The minimum atomic E-state index is 0.789. The zero-order chi connectivity index (χ0) is 12.9. The molecule has 5 heteroatoms. The number of aryl methyl sites for hydroxylation is 2. The number of anilines is 1. The number of hydrogen-bond donors (Lipinski definition) is 2. The van der Waals surface area contributed by atoms with E-state index in [1.807, 2.05) is 39.5 Å². The molecule has 5 nitrogen and oxygen atoms in total. The maximum absolute atomic E-state index is 6.22. The second-order valence-corrected chi connectivity index (χ2v) is 4.56. The van der Waals surface area contributed by atoms with Crippen molar-refractivity contribution >= 4 is 16.7 Å². The summed E-state index contributed by atoms with van der Waals surface area (Å²) in [6, 6.07) is 0. The zero-order valence-corrected chi connectivity index (χ0v) is 10.7. The number of aromatic nitrogens is 4. The third-order valence-corrected chi connectivity index (χ3v) is 3.37. The summed E-state index contributed by atoms with van der Waals surface area (Å²) in [6.07, 6.45) is 5.73. The second-order valence-electron chi connectivity index (χ2n) is 4.56. The summed E-state index contributed by atoms with van der Waals surface area (Å²) < 4.78 is 1.78. The number of rotatable bonds is 1. The molecule has 0 radical (unpaired) electrons. The largest absolute Gasteiger partial charge is 0.398 e. The molecule has 92 valence electrons. The quantitative estimate of drug-likeness (QED) is 0.685. The van der Waals surface area contributed by atoms with Crippen molar-refractivity contribution in [1.82, 2.24) is 19.7 Å². The van der Waals surface area contributed by atoms with Crippen LogP contribution in [0.1, 0.15) is 11.3 Å². The van der Waals surface area contributed by atoms with Gasteiger partial charge in [0.1, 0.15) is 5.65 Å². The lowest BCUT2D eigenvalue weighted by Crippen LogP contribution is -1.97. The van der Waals surface area contributed by atoms with Gasteiger partial charge in [0, 0.05) is 47.3 Å². The van der Waals surface area contributed by atoms with E-state index in [1.165, 1.54) is 0 Å². The van der Waals surface area contributed by atoms with Crippen molar-refractivity contribution in [1.29, 1.82) is 0 Å². The van der Waals surface area contributed by atoms with Gasteiger partial charge in [-0.3, -0.25) is 4.68 Å². The van der Waals surface area contributed by atoms with E-state index in [4.69, 9.17) is 5.73 Å². The Morgan fingerprint density at radius 3 is 2.78 bits per heavy atom. The Kier molecular flexibility index (Phi) is 2.16. The van der Waals surface area contributed by atoms with Crippen LogP contribution < -0.4 is 5.73 Å². The minimum absolute atomic E-state index is 0.789. The molecule has 0 unspecified atom stereocenters. The lowest BCUT2D eigenvalue weighted by atomic mass is 10.1. The Morgan fingerprint density at radius 1 is 1.33 bits per heavy atom. The molecule has 18 heavy (non-hydrogen) atoms. The maximum atomic E-state index is 6.22. The van der Waals surface area contributed by atoms with Crippen LogP contribution in [0.15, 0.2) is 18.6 Å². The maximum Gasteiger partial charge on any atom is 0.140 e. The van der Waals surface area contributed by atoms with Crippen molar-refractivity contribution in [3.63, 3.8) is 0 Å². The van der Waals surface area contributed by atoms with Gasteiger partial charge in [-0.2, -0.15) is 5.10 Å². The Balaban J connectivity index is 2.35. The lowest BCUT2D eigenvalue weighted by molar-refractivity contribution is 0.768. The minimum Gasteiger partial charge on any atom is -0.398 e. The van der Waals surface area contributed by atoms with Crippen molar-refractivity contribution < 1.29 is 0 Å². The second kappa shape index (κ2) is 3.60. The van der Waals surface area contributed by atoms with Gasteiger partial charge in [0.25, 0.3) is 0 Å². The first-order chi connectivity index (χ1) is 8.58. The molecule has 0 amide bonds. The first-order valence-corrected chi connectivity index (χ1v) is 5.80. The van der Waals surface area contributed by atoms with Crippen LogP contribution in [0.2, 0.25) is 0 Å². The molecule has 3 aromatic rings. The summed E-state index contributed by atoms with van der Waals surface area (Å²) >= 11 is 0. The highest BCUT2D eigenvalue weighted by Crippen LogP contribution is 2.33. The van der Waals surface area contributed by atoms with Crippen LogP contribution >= 0.6 is 0 Å². The van der Waals surface area contributed by atoms with Crippen LogP contribution in [-0.4, -0.2) is 19.7 Å². The van der Waals surface area contributed by atoms with Gasteiger partial charge in [-0.25, -0.2) is 4.98 Å². The van der Waals surface area contributed by atoms with Crippen LogP contribution in [0.4, 0.5) is 5.69 Å². The molecule has 0 aliphatic carbocycles. The van der Waals surface area contributed by atoms with Gasteiger partial charge in [-0.15, -0.1) is 0 Å². The van der Waals surface area contributed by atoms with Crippen LogP contribution in [-0.2, 0) is 7.05 Å². The summed E-state index contributed by atoms with van der Waals surface area (Å²) in [6.45, 7) is 3.97. The van der Waals surface area contributed by atoms with Crippen LogP contribution in [0.25, 0.3) is 22.2 Å². The smallest absolute Gasteiger partial charge is 0.140 e. The first-order valence-electron chi connectivity index (χ1n) is 5.80. The van der Waals surface area contributed by atoms with Crippen molar-refractivity contribution in [3.8, 4) is 11.1 Å². The van der Waals surface area contributed by atoms with Crippen molar-refractivity contribution in [2.75, 3.05) is 5.73 Å². The number of nitrogens with one attached hydrogen (secondary N) is 1. The molecule has 0 saturated carbocycles. The van der Waals surface area contributed by atoms with Gasteiger partial charge in [-0.05, 0) is 19.4 Å². The Bertz CT molecular complexity index is 735. The molecule has 3 aromatic heterocycles. The normalized spacial score (nSPS) is 11.3. The van der Waals surface area contributed by atoms with E-state index >= 15 is 0 Å². The highest BCUT2D eigenvalue weighted by Gasteiger charge is 2.14. The topological polar surface area (TPSA) is 72.5 Å². The summed E-state index contributed by atoms with van der Waals surface area (Å²) in [7, 11) is 1.90. The Morgan fingerprint density at radius 2 is 2.11 bits per heavy atom. The molecule has 0 bridgehead atoms. The molecule has 3 rings (SSSR count).